The molecule has 0 aliphatic carbocycles. The van der Waals surface area contributed by atoms with E-state index < -0.39 is 11.8 Å². The van der Waals surface area contributed by atoms with Crippen molar-refractivity contribution in [1.82, 2.24) is 0 Å². The Hall–Kier alpha value is -4.46. The van der Waals surface area contributed by atoms with Gasteiger partial charge in [0.05, 0.1) is 35.4 Å². The van der Waals surface area contributed by atoms with Gasteiger partial charge in [0.1, 0.15) is 11.5 Å². The summed E-state index contributed by atoms with van der Waals surface area (Å²) in [5.41, 5.74) is 2.29. The fourth-order valence-electron chi connectivity index (χ4n) is 5.18. The second-order valence-corrected chi connectivity index (χ2v) is 10.6. The van der Waals surface area contributed by atoms with E-state index in [1.807, 2.05) is 52.0 Å². The number of carbonyl (C=O) groups is 4. The van der Waals surface area contributed by atoms with Gasteiger partial charge in [-0.3, -0.25) is 29.0 Å². The van der Waals surface area contributed by atoms with Crippen molar-refractivity contribution in [2.45, 2.75) is 64.6 Å². The molecule has 8 nitrogen and oxygen atoms in total. The van der Waals surface area contributed by atoms with Crippen LogP contribution in [0.4, 0.5) is 11.4 Å². The third-order valence-corrected chi connectivity index (χ3v) is 6.97. The fraction of sp³-hybridized carbons (Fsp3) is 0.312. The Balaban J connectivity index is 1.29. The summed E-state index contributed by atoms with van der Waals surface area (Å²) in [4.78, 5) is 54.6. The maximum atomic E-state index is 13.3. The first-order valence-corrected chi connectivity index (χ1v) is 13.5. The Morgan fingerprint density at radius 1 is 0.550 bits per heavy atom. The third kappa shape index (κ3) is 5.34. The van der Waals surface area contributed by atoms with Gasteiger partial charge in [-0.25, -0.2) is 0 Å². The monoisotopic (exact) mass is 540 g/mol. The maximum absolute atomic E-state index is 13.3. The van der Waals surface area contributed by atoms with E-state index in [0.29, 0.717) is 22.9 Å². The van der Waals surface area contributed by atoms with Gasteiger partial charge in [0.15, 0.2) is 0 Å². The van der Waals surface area contributed by atoms with Crippen molar-refractivity contribution < 1.29 is 28.7 Å². The van der Waals surface area contributed by atoms with Crippen LogP contribution in [0, 0.1) is 0 Å². The van der Waals surface area contributed by atoms with Crippen molar-refractivity contribution in [2.24, 2.45) is 0 Å². The molecule has 8 heteroatoms. The van der Waals surface area contributed by atoms with E-state index in [4.69, 9.17) is 9.47 Å². The topological polar surface area (TPSA) is 93.2 Å². The molecule has 3 aromatic rings. The summed E-state index contributed by atoms with van der Waals surface area (Å²) in [5.74, 6) is -0.990. The Bertz CT molecular complexity index is 1320. The summed E-state index contributed by atoms with van der Waals surface area (Å²) in [6.07, 6.45) is 0.201. The van der Waals surface area contributed by atoms with E-state index in [1.165, 1.54) is 9.80 Å². The normalized spacial score (nSPS) is 19.4. The molecular formula is C32H32N2O6. The molecule has 5 rings (SSSR count). The molecule has 2 unspecified atom stereocenters. The minimum atomic E-state index is -0.583. The first-order chi connectivity index (χ1) is 19.1. The number of ether oxygens (including phenoxy) is 2. The lowest BCUT2D eigenvalue weighted by Crippen LogP contribution is -2.31. The molecule has 2 aliphatic rings. The molecule has 0 N–H and O–H groups in total. The number of carbonyl (C=O) groups excluding carboxylic acids is 4. The summed E-state index contributed by atoms with van der Waals surface area (Å²) in [5, 5.41) is 0. The Labute approximate surface area is 233 Å². The van der Waals surface area contributed by atoms with Crippen molar-refractivity contribution in [1.29, 1.82) is 0 Å². The van der Waals surface area contributed by atoms with Crippen LogP contribution < -0.4 is 19.3 Å². The smallest absolute Gasteiger partial charge is 0.241 e. The molecule has 2 aliphatic heterocycles. The van der Waals surface area contributed by atoms with Gasteiger partial charge in [-0.05, 0) is 87.4 Å². The number of imide groups is 2. The summed E-state index contributed by atoms with van der Waals surface area (Å²) < 4.78 is 11.3. The van der Waals surface area contributed by atoms with Crippen molar-refractivity contribution in [3.63, 3.8) is 0 Å². The van der Waals surface area contributed by atoms with Gasteiger partial charge in [0.25, 0.3) is 0 Å². The van der Waals surface area contributed by atoms with Crippen molar-refractivity contribution in [2.75, 3.05) is 9.80 Å². The van der Waals surface area contributed by atoms with Gasteiger partial charge in [0, 0.05) is 12.8 Å². The maximum Gasteiger partial charge on any atom is 0.241 e. The highest BCUT2D eigenvalue weighted by Crippen LogP contribution is 2.37. The Kier molecular flexibility index (Phi) is 7.43. The van der Waals surface area contributed by atoms with Gasteiger partial charge in [-0.1, -0.05) is 24.3 Å². The number of hydrogen-bond acceptors (Lipinski definition) is 6. The molecule has 40 heavy (non-hydrogen) atoms. The van der Waals surface area contributed by atoms with Gasteiger partial charge in [0.2, 0.25) is 23.6 Å². The summed E-state index contributed by atoms with van der Waals surface area (Å²) in [6, 6.07) is 20.8. The molecule has 0 radical (unpaired) electrons. The zero-order valence-electron chi connectivity index (χ0n) is 23.0. The lowest BCUT2D eigenvalue weighted by atomic mass is 9.97. The first kappa shape index (κ1) is 27.1. The number of hydrogen-bond donors (Lipinski definition) is 0. The highest BCUT2D eigenvalue weighted by Gasteiger charge is 2.42. The quantitative estimate of drug-likeness (QED) is 0.358. The molecule has 0 spiro atoms. The minimum absolute atomic E-state index is 0.0345. The van der Waals surface area contributed by atoms with Crippen LogP contribution in [-0.2, 0) is 19.2 Å². The van der Waals surface area contributed by atoms with Gasteiger partial charge >= 0.3 is 0 Å². The SMILES string of the molecule is CC(C)Oc1ccc(C2CC(=O)N(c3ccc(N4C(=O)CC(c5ccc(OC(C)C)cc5)C4=O)cc3)C2=O)cc1. The predicted molar refractivity (Wildman–Crippen MR) is 151 cm³/mol. The average Bonchev–Trinajstić information content (AvgIpc) is 3.38. The number of nitrogens with zero attached hydrogens (tertiary/aromatic N) is 2. The number of rotatable bonds is 8. The first-order valence-electron chi connectivity index (χ1n) is 13.5. The molecule has 0 saturated carbocycles. The lowest BCUT2D eigenvalue weighted by molar-refractivity contribution is -0.123. The molecule has 2 saturated heterocycles. The van der Waals surface area contributed by atoms with Crippen molar-refractivity contribution >= 4 is 35.0 Å². The number of benzene rings is 3. The molecule has 0 aromatic heterocycles. The van der Waals surface area contributed by atoms with Crippen LogP contribution >= 0.6 is 0 Å². The predicted octanol–water partition coefficient (Wildman–Crippen LogP) is 5.36. The number of amides is 4. The van der Waals surface area contributed by atoms with E-state index in [-0.39, 0.29) is 48.7 Å². The molecule has 0 bridgehead atoms. The zero-order valence-corrected chi connectivity index (χ0v) is 23.0. The summed E-state index contributed by atoms with van der Waals surface area (Å²) >= 11 is 0. The second-order valence-electron chi connectivity index (χ2n) is 10.6. The Morgan fingerprint density at radius 3 is 1.18 bits per heavy atom. The molecule has 2 atom stereocenters. The van der Waals surface area contributed by atoms with Gasteiger partial charge < -0.3 is 9.47 Å². The van der Waals surface area contributed by atoms with Crippen LogP contribution in [0.15, 0.2) is 72.8 Å². The third-order valence-electron chi connectivity index (χ3n) is 6.97. The van der Waals surface area contributed by atoms with E-state index >= 15 is 0 Å². The molecule has 2 fully saturated rings. The largest absolute Gasteiger partial charge is 0.491 e. The fourth-order valence-corrected chi connectivity index (χ4v) is 5.18. The van der Waals surface area contributed by atoms with Crippen LogP contribution in [0.5, 0.6) is 11.5 Å². The van der Waals surface area contributed by atoms with E-state index in [2.05, 4.69) is 0 Å². The summed E-state index contributed by atoms with van der Waals surface area (Å²) in [6.45, 7) is 7.75. The molecular weight excluding hydrogens is 508 g/mol. The highest BCUT2D eigenvalue weighted by atomic mass is 16.5. The van der Waals surface area contributed by atoms with Crippen LogP contribution in [0.1, 0.15) is 63.5 Å². The molecule has 4 amide bonds. The number of anilines is 2. The van der Waals surface area contributed by atoms with E-state index in [0.717, 1.165) is 11.1 Å². The van der Waals surface area contributed by atoms with Gasteiger partial charge in [-0.2, -0.15) is 0 Å². The van der Waals surface area contributed by atoms with Crippen molar-refractivity contribution in [3.05, 3.63) is 83.9 Å². The Morgan fingerprint density at radius 2 is 0.875 bits per heavy atom. The molecule has 3 aromatic carbocycles. The summed E-state index contributed by atoms with van der Waals surface area (Å²) in [7, 11) is 0. The molecule has 2 heterocycles. The minimum Gasteiger partial charge on any atom is -0.491 e. The second kappa shape index (κ2) is 11.0. The lowest BCUT2D eigenvalue weighted by Gasteiger charge is -2.19. The van der Waals surface area contributed by atoms with Crippen LogP contribution in [-0.4, -0.2) is 35.8 Å². The van der Waals surface area contributed by atoms with Crippen molar-refractivity contribution in [3.8, 4) is 11.5 Å². The van der Waals surface area contributed by atoms with E-state index in [1.54, 1.807) is 48.5 Å². The van der Waals surface area contributed by atoms with Crippen LogP contribution in [0.25, 0.3) is 0 Å². The highest BCUT2D eigenvalue weighted by molar-refractivity contribution is 6.24. The van der Waals surface area contributed by atoms with Crippen LogP contribution in [0.3, 0.4) is 0 Å². The average molecular weight is 541 g/mol. The molecule has 206 valence electrons. The zero-order chi connectivity index (χ0) is 28.6. The van der Waals surface area contributed by atoms with Gasteiger partial charge in [-0.15, -0.1) is 0 Å². The van der Waals surface area contributed by atoms with Crippen LogP contribution in [0.2, 0.25) is 0 Å². The standard InChI is InChI=1S/C32H32N2O6/c1-19(2)39-25-13-5-21(6-14-25)27-17-29(35)33(31(27)37)23-9-11-24(12-10-23)34-30(36)18-28(32(34)38)22-7-15-26(16-8-22)40-20(3)4/h5-16,19-20,27-28H,17-18H2,1-4H3. The van der Waals surface area contributed by atoms with E-state index in [9.17, 15) is 19.2 Å².